The Hall–Kier alpha value is -3.21. The number of nitrogens with zero attached hydrogens (tertiary/aromatic N) is 1. The molecule has 1 aliphatic carbocycles. The third-order valence-electron chi connectivity index (χ3n) is 6.26. The molecule has 0 aromatic heterocycles. The Labute approximate surface area is 183 Å². The third kappa shape index (κ3) is 4.46. The van der Waals surface area contributed by atoms with Gasteiger partial charge in [-0.2, -0.15) is 0 Å². The summed E-state index contributed by atoms with van der Waals surface area (Å²) < 4.78 is 0. The second-order valence-corrected chi connectivity index (χ2v) is 8.51. The number of ketones is 1. The summed E-state index contributed by atoms with van der Waals surface area (Å²) in [6, 6.07) is 16.8. The van der Waals surface area contributed by atoms with Gasteiger partial charge in [0.1, 0.15) is 5.54 Å². The molecule has 1 N–H and O–H groups in total. The predicted octanol–water partition coefficient (Wildman–Crippen LogP) is 4.84. The predicted molar refractivity (Wildman–Crippen MR) is 122 cm³/mol. The van der Waals surface area contributed by atoms with Crippen molar-refractivity contribution >= 4 is 29.4 Å². The van der Waals surface area contributed by atoms with Crippen molar-refractivity contribution in [3.8, 4) is 0 Å². The van der Waals surface area contributed by atoms with E-state index in [1.807, 2.05) is 42.5 Å². The zero-order chi connectivity index (χ0) is 21.8. The molecule has 4 rings (SSSR count). The Morgan fingerprint density at radius 3 is 2.32 bits per heavy atom. The number of imide groups is 1. The highest BCUT2D eigenvalue weighted by Gasteiger charge is 2.52. The Bertz CT molecular complexity index is 991. The first-order chi connectivity index (χ1) is 15.0. The lowest BCUT2D eigenvalue weighted by Crippen LogP contribution is -2.48. The van der Waals surface area contributed by atoms with Gasteiger partial charge in [-0.15, -0.1) is 0 Å². The van der Waals surface area contributed by atoms with Gasteiger partial charge in [0.15, 0.2) is 5.78 Å². The van der Waals surface area contributed by atoms with Gasteiger partial charge in [0.05, 0.1) is 6.42 Å². The van der Waals surface area contributed by atoms with E-state index >= 15 is 0 Å². The summed E-state index contributed by atoms with van der Waals surface area (Å²) in [6.45, 7) is 1.52. The van der Waals surface area contributed by atoms with Crippen molar-refractivity contribution in [2.45, 2.75) is 57.0 Å². The number of rotatable bonds is 6. The Balaban J connectivity index is 1.67. The van der Waals surface area contributed by atoms with Crippen LogP contribution in [-0.4, -0.2) is 34.1 Å². The number of carbonyl (C=O) groups excluding carboxylic acids is 3. The maximum Gasteiger partial charge on any atom is 0.259 e. The number of anilines is 1. The van der Waals surface area contributed by atoms with Gasteiger partial charge in [0, 0.05) is 17.3 Å². The summed E-state index contributed by atoms with van der Waals surface area (Å²) in [7, 11) is 0. The number of benzene rings is 2. The molecule has 1 atom stereocenters. The molecule has 1 saturated heterocycles. The minimum atomic E-state index is -1.14. The van der Waals surface area contributed by atoms with E-state index in [0.29, 0.717) is 11.3 Å². The van der Waals surface area contributed by atoms with Crippen molar-refractivity contribution in [3.05, 3.63) is 71.8 Å². The van der Waals surface area contributed by atoms with Gasteiger partial charge in [0.2, 0.25) is 5.91 Å². The number of carbonyl (C=O) groups is 3. The molecule has 160 valence electrons. The molecule has 5 heteroatoms. The van der Waals surface area contributed by atoms with Gasteiger partial charge in [0.25, 0.3) is 5.91 Å². The number of amides is 2. The van der Waals surface area contributed by atoms with Gasteiger partial charge in [-0.25, -0.2) is 0 Å². The average molecular weight is 417 g/mol. The quantitative estimate of drug-likeness (QED) is 0.540. The van der Waals surface area contributed by atoms with E-state index < -0.39 is 5.54 Å². The first-order valence-corrected chi connectivity index (χ1v) is 11.0. The molecule has 1 saturated carbocycles. The Morgan fingerprint density at radius 2 is 1.68 bits per heavy atom. The average Bonchev–Trinajstić information content (AvgIpc) is 3.03. The summed E-state index contributed by atoms with van der Waals surface area (Å²) in [5.41, 5.74) is 1.14. The topological polar surface area (TPSA) is 66.5 Å². The zero-order valence-corrected chi connectivity index (χ0v) is 17.8. The summed E-state index contributed by atoms with van der Waals surface area (Å²) in [5.74, 6) is -0.324. The third-order valence-corrected chi connectivity index (χ3v) is 6.26. The first-order valence-electron chi connectivity index (χ1n) is 11.0. The van der Waals surface area contributed by atoms with Crippen molar-refractivity contribution in [2.75, 3.05) is 5.32 Å². The minimum Gasteiger partial charge on any atom is -0.368 e. The SMILES string of the molecule is CC(=O)c1ccc(N[C@@]2(/C=C\c3ccccc3)CC(=O)N(C3CCCCC3)C2=O)cc1. The maximum absolute atomic E-state index is 13.7. The Morgan fingerprint density at radius 1 is 1.00 bits per heavy atom. The highest BCUT2D eigenvalue weighted by atomic mass is 16.2. The number of hydrogen-bond acceptors (Lipinski definition) is 4. The fourth-order valence-corrected chi connectivity index (χ4v) is 4.55. The van der Waals surface area contributed by atoms with Gasteiger partial charge in [-0.1, -0.05) is 55.7 Å². The van der Waals surface area contributed by atoms with Crippen LogP contribution >= 0.6 is 0 Å². The molecular formula is C26H28N2O3. The van der Waals surface area contributed by atoms with Crippen molar-refractivity contribution in [3.63, 3.8) is 0 Å². The number of nitrogens with one attached hydrogen (secondary N) is 1. The molecule has 0 radical (unpaired) electrons. The number of hydrogen-bond donors (Lipinski definition) is 1. The standard InChI is InChI=1S/C26H28N2O3/c1-19(29)21-12-14-22(15-13-21)27-26(17-16-20-8-4-2-5-9-20)18-24(30)28(25(26)31)23-10-6-3-7-11-23/h2,4-5,8-9,12-17,23,27H,3,6-7,10-11,18H2,1H3/b17-16-/t26-/m0/s1. The highest BCUT2D eigenvalue weighted by Crippen LogP contribution is 2.35. The van der Waals surface area contributed by atoms with Gasteiger partial charge < -0.3 is 5.32 Å². The second-order valence-electron chi connectivity index (χ2n) is 8.51. The molecule has 2 fully saturated rings. The van der Waals surface area contributed by atoms with E-state index in [4.69, 9.17) is 0 Å². The van der Waals surface area contributed by atoms with E-state index in [-0.39, 0.29) is 30.1 Å². The summed E-state index contributed by atoms with van der Waals surface area (Å²) in [4.78, 5) is 39.8. The van der Waals surface area contributed by atoms with Crippen LogP contribution in [0.3, 0.4) is 0 Å². The van der Waals surface area contributed by atoms with E-state index in [1.54, 1.807) is 24.3 Å². The molecule has 1 aliphatic heterocycles. The van der Waals surface area contributed by atoms with Crippen LogP contribution in [0.5, 0.6) is 0 Å². The molecule has 31 heavy (non-hydrogen) atoms. The van der Waals surface area contributed by atoms with Crippen LogP contribution in [0.2, 0.25) is 0 Å². The molecule has 2 amide bonds. The van der Waals surface area contributed by atoms with Gasteiger partial charge >= 0.3 is 0 Å². The molecule has 2 aromatic rings. The van der Waals surface area contributed by atoms with Crippen molar-refractivity contribution in [1.82, 2.24) is 4.90 Å². The summed E-state index contributed by atoms with van der Waals surface area (Å²) in [5, 5.41) is 3.33. The van der Waals surface area contributed by atoms with Crippen LogP contribution in [0.4, 0.5) is 5.69 Å². The molecule has 2 aromatic carbocycles. The zero-order valence-electron chi connectivity index (χ0n) is 17.8. The van der Waals surface area contributed by atoms with E-state index in [9.17, 15) is 14.4 Å². The van der Waals surface area contributed by atoms with Crippen LogP contribution in [0.1, 0.15) is 61.4 Å². The molecule has 0 unspecified atom stereocenters. The van der Waals surface area contributed by atoms with Crippen LogP contribution in [0.15, 0.2) is 60.7 Å². The number of Topliss-reactive ketones (excluding diaryl/α,β-unsaturated/α-hetero) is 1. The largest absolute Gasteiger partial charge is 0.368 e. The molecule has 5 nitrogen and oxygen atoms in total. The minimum absolute atomic E-state index is 0.0114. The van der Waals surface area contributed by atoms with E-state index in [0.717, 1.165) is 37.7 Å². The van der Waals surface area contributed by atoms with Crippen molar-refractivity contribution in [1.29, 1.82) is 0 Å². The molecular weight excluding hydrogens is 388 g/mol. The molecule has 2 aliphatic rings. The highest BCUT2D eigenvalue weighted by molar-refractivity contribution is 6.12. The summed E-state index contributed by atoms with van der Waals surface area (Å²) in [6.07, 6.45) is 8.82. The second kappa shape index (κ2) is 8.88. The van der Waals surface area contributed by atoms with Crippen molar-refractivity contribution in [2.24, 2.45) is 0 Å². The fraction of sp³-hybridized carbons (Fsp3) is 0.346. The van der Waals surface area contributed by atoms with Gasteiger partial charge in [-0.3, -0.25) is 19.3 Å². The van der Waals surface area contributed by atoms with Crippen LogP contribution in [-0.2, 0) is 9.59 Å². The van der Waals surface area contributed by atoms with Crippen LogP contribution < -0.4 is 5.32 Å². The van der Waals surface area contributed by atoms with Gasteiger partial charge in [-0.05, 0) is 55.7 Å². The van der Waals surface area contributed by atoms with Crippen LogP contribution in [0, 0.1) is 0 Å². The molecule has 0 spiro atoms. The molecule has 0 bridgehead atoms. The fourth-order valence-electron chi connectivity index (χ4n) is 4.55. The van der Waals surface area contributed by atoms with E-state index in [1.165, 1.54) is 11.8 Å². The first kappa shape index (κ1) is 21.0. The maximum atomic E-state index is 13.7. The Kier molecular flexibility index (Phi) is 6.03. The van der Waals surface area contributed by atoms with E-state index in [2.05, 4.69) is 5.32 Å². The van der Waals surface area contributed by atoms with Crippen molar-refractivity contribution < 1.29 is 14.4 Å². The monoisotopic (exact) mass is 416 g/mol. The normalized spacial score (nSPS) is 22.3. The lowest BCUT2D eigenvalue weighted by atomic mass is 9.93. The lowest BCUT2D eigenvalue weighted by molar-refractivity contribution is -0.142. The smallest absolute Gasteiger partial charge is 0.259 e. The van der Waals surface area contributed by atoms with Crippen LogP contribution in [0.25, 0.3) is 6.08 Å². The molecule has 1 heterocycles. The number of likely N-dealkylation sites (tertiary alicyclic amines) is 1. The lowest BCUT2D eigenvalue weighted by Gasteiger charge is -2.32. The summed E-state index contributed by atoms with van der Waals surface area (Å²) >= 11 is 0.